The number of benzene rings is 1. The average Bonchev–Trinajstić information content (AvgIpc) is 2.95. The van der Waals surface area contributed by atoms with Gasteiger partial charge in [-0.1, -0.05) is 37.3 Å². The zero-order valence-corrected chi connectivity index (χ0v) is 12.9. The van der Waals surface area contributed by atoms with E-state index < -0.39 is 0 Å². The summed E-state index contributed by atoms with van der Waals surface area (Å²) in [5, 5.41) is 13.8. The molecule has 0 aliphatic heterocycles. The van der Waals surface area contributed by atoms with Crippen LogP contribution in [-0.2, 0) is 6.54 Å². The lowest BCUT2D eigenvalue weighted by Gasteiger charge is -2.05. The lowest BCUT2D eigenvalue weighted by molar-refractivity contribution is 0.317. The molecule has 1 aromatic carbocycles. The normalized spacial score (nSPS) is 10.7. The van der Waals surface area contributed by atoms with Gasteiger partial charge >= 0.3 is 0 Å². The predicted octanol–water partition coefficient (Wildman–Crippen LogP) is 3.49. The summed E-state index contributed by atoms with van der Waals surface area (Å²) >= 11 is 1.63. The van der Waals surface area contributed by atoms with Crippen LogP contribution in [0.4, 0.5) is 0 Å². The van der Waals surface area contributed by atoms with Gasteiger partial charge in [-0.15, -0.1) is 10.2 Å². The molecule has 20 heavy (non-hydrogen) atoms. The Labute approximate surface area is 124 Å². The number of nitrogens with zero attached hydrogens (tertiary/aromatic N) is 2. The van der Waals surface area contributed by atoms with Crippen molar-refractivity contribution in [2.45, 2.75) is 33.2 Å². The van der Waals surface area contributed by atoms with Gasteiger partial charge in [0.15, 0.2) is 0 Å². The van der Waals surface area contributed by atoms with Gasteiger partial charge in [0.2, 0.25) is 0 Å². The van der Waals surface area contributed by atoms with Crippen molar-refractivity contribution < 1.29 is 4.74 Å². The smallest absolute Gasteiger partial charge is 0.147 e. The molecule has 0 atom stereocenters. The maximum Gasteiger partial charge on any atom is 0.147 e. The maximum atomic E-state index is 5.65. The van der Waals surface area contributed by atoms with E-state index in [2.05, 4.69) is 29.4 Å². The summed E-state index contributed by atoms with van der Waals surface area (Å²) < 4.78 is 5.65. The van der Waals surface area contributed by atoms with Crippen molar-refractivity contribution in [3.05, 3.63) is 29.3 Å². The number of rotatable bonds is 8. The molecule has 1 aromatic heterocycles. The molecule has 0 aliphatic carbocycles. The molecule has 1 heterocycles. The molecule has 0 radical (unpaired) electrons. The van der Waals surface area contributed by atoms with E-state index in [9.17, 15) is 0 Å². The molecule has 1 N–H and O–H groups in total. The van der Waals surface area contributed by atoms with E-state index >= 15 is 0 Å². The van der Waals surface area contributed by atoms with E-state index in [4.69, 9.17) is 4.74 Å². The van der Waals surface area contributed by atoms with Gasteiger partial charge in [-0.3, -0.25) is 0 Å². The Balaban J connectivity index is 2.03. The van der Waals surface area contributed by atoms with Crippen LogP contribution in [0.2, 0.25) is 0 Å². The molecule has 0 saturated heterocycles. The van der Waals surface area contributed by atoms with Crippen LogP contribution in [0.15, 0.2) is 24.3 Å². The molecule has 4 nitrogen and oxygen atoms in total. The Kier molecular flexibility index (Phi) is 5.95. The van der Waals surface area contributed by atoms with Gasteiger partial charge in [0.25, 0.3) is 0 Å². The third-order valence-corrected chi connectivity index (χ3v) is 3.70. The first-order chi connectivity index (χ1) is 9.83. The van der Waals surface area contributed by atoms with Gasteiger partial charge in [-0.05, 0) is 31.5 Å². The van der Waals surface area contributed by atoms with Gasteiger partial charge in [-0.2, -0.15) is 0 Å². The largest absolute Gasteiger partial charge is 0.494 e. The third kappa shape index (κ3) is 4.28. The van der Waals surface area contributed by atoms with E-state index in [1.54, 1.807) is 11.3 Å². The van der Waals surface area contributed by atoms with Crippen molar-refractivity contribution in [2.24, 2.45) is 0 Å². The first kappa shape index (κ1) is 14.9. The molecule has 0 bridgehead atoms. The lowest BCUT2D eigenvalue weighted by atomic mass is 10.2. The van der Waals surface area contributed by atoms with Crippen LogP contribution >= 0.6 is 11.3 Å². The van der Waals surface area contributed by atoms with Crippen molar-refractivity contribution in [1.29, 1.82) is 0 Å². The molecule has 0 spiro atoms. The molecule has 108 valence electrons. The van der Waals surface area contributed by atoms with Gasteiger partial charge in [-0.25, -0.2) is 0 Å². The highest BCUT2D eigenvalue weighted by Crippen LogP contribution is 2.26. The summed E-state index contributed by atoms with van der Waals surface area (Å²) in [6, 6.07) is 8.04. The zero-order valence-electron chi connectivity index (χ0n) is 12.1. The molecular formula is C15H21N3OS. The Morgan fingerprint density at radius 2 is 2.10 bits per heavy atom. The Morgan fingerprint density at radius 3 is 2.90 bits per heavy atom. The molecule has 0 saturated carbocycles. The van der Waals surface area contributed by atoms with Crippen molar-refractivity contribution in [3.8, 4) is 16.3 Å². The highest BCUT2D eigenvalue weighted by Gasteiger charge is 2.07. The molecule has 0 amide bonds. The quantitative estimate of drug-likeness (QED) is 0.756. The summed E-state index contributed by atoms with van der Waals surface area (Å²) in [5.74, 6) is 0.894. The minimum Gasteiger partial charge on any atom is -0.494 e. The second-order valence-electron chi connectivity index (χ2n) is 4.55. The van der Waals surface area contributed by atoms with Gasteiger partial charge in [0, 0.05) is 12.1 Å². The summed E-state index contributed by atoms with van der Waals surface area (Å²) in [4.78, 5) is 0. The van der Waals surface area contributed by atoms with E-state index in [0.29, 0.717) is 0 Å². The molecule has 0 fully saturated rings. The lowest BCUT2D eigenvalue weighted by Crippen LogP contribution is -2.13. The van der Waals surface area contributed by atoms with Crippen molar-refractivity contribution in [3.63, 3.8) is 0 Å². The molecule has 2 aromatic rings. The predicted molar refractivity (Wildman–Crippen MR) is 83.1 cm³/mol. The second kappa shape index (κ2) is 7.97. The third-order valence-electron chi connectivity index (χ3n) is 2.72. The van der Waals surface area contributed by atoms with E-state index in [0.717, 1.165) is 53.9 Å². The summed E-state index contributed by atoms with van der Waals surface area (Å²) in [6.07, 6.45) is 2.14. The Bertz CT molecular complexity index is 527. The fourth-order valence-corrected chi connectivity index (χ4v) is 2.56. The number of hydrogen-bond donors (Lipinski definition) is 1. The minimum absolute atomic E-state index is 0.742. The monoisotopic (exact) mass is 291 g/mol. The summed E-state index contributed by atoms with van der Waals surface area (Å²) in [6.45, 7) is 6.79. The maximum absolute atomic E-state index is 5.65. The highest BCUT2D eigenvalue weighted by atomic mass is 32.1. The molecule has 5 heteroatoms. The fourth-order valence-electron chi connectivity index (χ4n) is 1.75. The van der Waals surface area contributed by atoms with E-state index in [-0.39, 0.29) is 0 Å². The van der Waals surface area contributed by atoms with Crippen LogP contribution in [0, 0.1) is 0 Å². The number of ether oxygens (including phenoxy) is 1. The minimum atomic E-state index is 0.742. The van der Waals surface area contributed by atoms with Crippen LogP contribution in [-0.4, -0.2) is 23.3 Å². The Hall–Kier alpha value is -1.46. The zero-order chi connectivity index (χ0) is 14.2. The SMILES string of the molecule is CCCNCc1nnc(-c2cccc(OCCC)c2)s1. The number of aromatic nitrogens is 2. The van der Waals surface area contributed by atoms with Crippen LogP contribution in [0.25, 0.3) is 10.6 Å². The van der Waals surface area contributed by atoms with Crippen LogP contribution in [0.5, 0.6) is 5.75 Å². The topological polar surface area (TPSA) is 47.0 Å². The second-order valence-corrected chi connectivity index (χ2v) is 5.62. The average molecular weight is 291 g/mol. The van der Waals surface area contributed by atoms with E-state index in [1.165, 1.54) is 0 Å². The molecular weight excluding hydrogens is 270 g/mol. The van der Waals surface area contributed by atoms with Gasteiger partial charge in [0.1, 0.15) is 15.8 Å². The molecule has 0 aliphatic rings. The van der Waals surface area contributed by atoms with Gasteiger partial charge in [0.05, 0.1) is 6.61 Å². The van der Waals surface area contributed by atoms with Crippen LogP contribution in [0.1, 0.15) is 31.7 Å². The van der Waals surface area contributed by atoms with Crippen LogP contribution < -0.4 is 10.1 Å². The first-order valence-electron chi connectivity index (χ1n) is 7.09. The van der Waals surface area contributed by atoms with Crippen LogP contribution in [0.3, 0.4) is 0 Å². The summed E-state index contributed by atoms with van der Waals surface area (Å²) in [7, 11) is 0. The number of hydrogen-bond acceptors (Lipinski definition) is 5. The van der Waals surface area contributed by atoms with E-state index in [1.807, 2.05) is 24.3 Å². The fraction of sp³-hybridized carbons (Fsp3) is 0.467. The highest BCUT2D eigenvalue weighted by molar-refractivity contribution is 7.14. The Morgan fingerprint density at radius 1 is 1.20 bits per heavy atom. The molecule has 2 rings (SSSR count). The van der Waals surface area contributed by atoms with Gasteiger partial charge < -0.3 is 10.1 Å². The summed E-state index contributed by atoms with van der Waals surface area (Å²) in [5.41, 5.74) is 1.07. The van der Waals surface area contributed by atoms with Crippen molar-refractivity contribution in [2.75, 3.05) is 13.2 Å². The first-order valence-corrected chi connectivity index (χ1v) is 7.91. The van der Waals surface area contributed by atoms with Crippen molar-refractivity contribution >= 4 is 11.3 Å². The standard InChI is InChI=1S/C15H21N3OS/c1-3-8-16-11-14-17-18-15(20-14)12-6-5-7-13(10-12)19-9-4-2/h5-7,10,16H,3-4,8-9,11H2,1-2H3. The number of nitrogens with one attached hydrogen (secondary N) is 1. The molecule has 0 unspecified atom stereocenters. The van der Waals surface area contributed by atoms with Crippen molar-refractivity contribution in [1.82, 2.24) is 15.5 Å².